The molecular formula is C13H9F4NO. The molecule has 1 aromatic heterocycles. The number of pyridine rings is 1. The molecule has 1 aromatic carbocycles. The first kappa shape index (κ1) is 13.3. The van der Waals surface area contributed by atoms with E-state index in [1.807, 2.05) is 0 Å². The molecule has 2 aromatic rings. The number of nitrogens with zero attached hydrogens (tertiary/aromatic N) is 1. The molecule has 0 atom stereocenters. The van der Waals surface area contributed by atoms with Crippen molar-refractivity contribution < 1.29 is 22.3 Å². The summed E-state index contributed by atoms with van der Waals surface area (Å²) in [4.78, 5) is 3.91. The lowest BCUT2D eigenvalue weighted by atomic mass is 10.1. The van der Waals surface area contributed by atoms with Crippen LogP contribution in [0.2, 0.25) is 0 Å². The third-order valence-corrected chi connectivity index (χ3v) is 2.34. The molecule has 0 saturated carbocycles. The Kier molecular flexibility index (Phi) is 3.42. The Hall–Kier alpha value is -2.11. The first-order chi connectivity index (χ1) is 8.85. The maximum absolute atomic E-state index is 13.6. The lowest BCUT2D eigenvalue weighted by Crippen LogP contribution is -2.16. The summed E-state index contributed by atoms with van der Waals surface area (Å²) in [6.07, 6.45) is -3.26. The average Bonchev–Trinajstić information content (AvgIpc) is 2.28. The molecule has 0 amide bonds. The van der Waals surface area contributed by atoms with Crippen LogP contribution in [0.1, 0.15) is 5.56 Å². The molecule has 0 N–H and O–H groups in total. The summed E-state index contributed by atoms with van der Waals surface area (Å²) in [5.74, 6) is -0.881. The Labute approximate surface area is 106 Å². The van der Waals surface area contributed by atoms with Crippen molar-refractivity contribution in [3.63, 3.8) is 0 Å². The molecule has 2 nitrogen and oxygen atoms in total. The Balaban J connectivity index is 2.27. The van der Waals surface area contributed by atoms with Crippen LogP contribution in [0.3, 0.4) is 0 Å². The summed E-state index contributed by atoms with van der Waals surface area (Å²) >= 11 is 0. The predicted octanol–water partition coefficient (Wildman–Crippen LogP) is 4.09. The Morgan fingerprint density at radius 2 is 1.74 bits per heavy atom. The fraction of sp³-hybridized carbons (Fsp3) is 0.154. The van der Waals surface area contributed by atoms with Crippen molar-refractivity contribution in [3.05, 3.63) is 47.9 Å². The number of aromatic nitrogens is 1. The number of benzene rings is 1. The maximum atomic E-state index is 13.6. The zero-order valence-electron chi connectivity index (χ0n) is 9.83. The molecule has 0 unspecified atom stereocenters. The van der Waals surface area contributed by atoms with Crippen molar-refractivity contribution in [1.82, 2.24) is 4.98 Å². The SMILES string of the molecule is Cc1cnc(-c2ccc(OC(F)(F)F)cc2)c(F)c1. The van der Waals surface area contributed by atoms with E-state index in [4.69, 9.17) is 0 Å². The van der Waals surface area contributed by atoms with Gasteiger partial charge in [0.05, 0.1) is 0 Å². The minimum absolute atomic E-state index is 0.0872. The Morgan fingerprint density at radius 3 is 2.26 bits per heavy atom. The van der Waals surface area contributed by atoms with E-state index in [1.54, 1.807) is 6.92 Å². The zero-order valence-corrected chi connectivity index (χ0v) is 9.83. The van der Waals surface area contributed by atoms with Crippen molar-refractivity contribution in [2.75, 3.05) is 0 Å². The molecule has 0 spiro atoms. The second-order valence-corrected chi connectivity index (χ2v) is 3.92. The molecule has 6 heteroatoms. The third-order valence-electron chi connectivity index (χ3n) is 2.34. The molecule has 19 heavy (non-hydrogen) atoms. The van der Waals surface area contributed by atoms with Crippen molar-refractivity contribution in [2.45, 2.75) is 13.3 Å². The molecule has 2 rings (SSSR count). The molecular weight excluding hydrogens is 262 g/mol. The van der Waals surface area contributed by atoms with Gasteiger partial charge in [0.2, 0.25) is 0 Å². The van der Waals surface area contributed by atoms with Gasteiger partial charge >= 0.3 is 6.36 Å². The number of ether oxygens (including phenoxy) is 1. The fourth-order valence-corrected chi connectivity index (χ4v) is 1.56. The lowest BCUT2D eigenvalue weighted by molar-refractivity contribution is -0.274. The molecule has 0 aliphatic carbocycles. The highest BCUT2D eigenvalue weighted by atomic mass is 19.4. The van der Waals surface area contributed by atoms with Gasteiger partial charge in [-0.25, -0.2) is 4.39 Å². The van der Waals surface area contributed by atoms with Crippen LogP contribution < -0.4 is 4.74 Å². The second-order valence-electron chi connectivity index (χ2n) is 3.92. The van der Waals surface area contributed by atoms with E-state index in [0.717, 1.165) is 12.1 Å². The van der Waals surface area contributed by atoms with Crippen LogP contribution in [0.25, 0.3) is 11.3 Å². The summed E-state index contributed by atoms with van der Waals surface area (Å²) in [6, 6.07) is 6.18. The molecule has 0 aliphatic heterocycles. The highest BCUT2D eigenvalue weighted by Gasteiger charge is 2.30. The minimum atomic E-state index is -4.74. The molecule has 1 heterocycles. The molecule has 0 fully saturated rings. The van der Waals surface area contributed by atoms with Gasteiger partial charge in [-0.2, -0.15) is 0 Å². The van der Waals surface area contributed by atoms with E-state index in [-0.39, 0.29) is 11.4 Å². The van der Waals surface area contributed by atoms with E-state index < -0.39 is 12.2 Å². The first-order valence-corrected chi connectivity index (χ1v) is 5.33. The van der Waals surface area contributed by atoms with Crippen LogP contribution in [0.5, 0.6) is 5.75 Å². The van der Waals surface area contributed by atoms with E-state index in [2.05, 4.69) is 9.72 Å². The van der Waals surface area contributed by atoms with E-state index in [0.29, 0.717) is 11.1 Å². The van der Waals surface area contributed by atoms with Crippen LogP contribution in [-0.2, 0) is 0 Å². The monoisotopic (exact) mass is 271 g/mol. The van der Waals surface area contributed by atoms with Crippen molar-refractivity contribution >= 4 is 0 Å². The van der Waals surface area contributed by atoms with Gasteiger partial charge in [-0.05, 0) is 42.8 Å². The van der Waals surface area contributed by atoms with Crippen LogP contribution >= 0.6 is 0 Å². The van der Waals surface area contributed by atoms with Gasteiger partial charge < -0.3 is 4.74 Å². The zero-order chi connectivity index (χ0) is 14.0. The van der Waals surface area contributed by atoms with Crippen molar-refractivity contribution in [2.24, 2.45) is 0 Å². The number of halogens is 4. The summed E-state index contributed by atoms with van der Waals surface area (Å²) in [5, 5.41) is 0. The fourth-order valence-electron chi connectivity index (χ4n) is 1.56. The van der Waals surface area contributed by atoms with E-state index in [9.17, 15) is 17.6 Å². The van der Waals surface area contributed by atoms with Gasteiger partial charge in [0, 0.05) is 11.8 Å². The molecule has 0 bridgehead atoms. The lowest BCUT2D eigenvalue weighted by Gasteiger charge is -2.09. The van der Waals surface area contributed by atoms with Crippen LogP contribution in [0.15, 0.2) is 36.5 Å². The van der Waals surface area contributed by atoms with Gasteiger partial charge in [0.1, 0.15) is 17.3 Å². The maximum Gasteiger partial charge on any atom is 0.573 e. The van der Waals surface area contributed by atoms with Gasteiger partial charge in [-0.3, -0.25) is 4.98 Å². The quantitative estimate of drug-likeness (QED) is 0.767. The van der Waals surface area contributed by atoms with Crippen molar-refractivity contribution in [3.8, 4) is 17.0 Å². The highest BCUT2D eigenvalue weighted by molar-refractivity contribution is 5.60. The minimum Gasteiger partial charge on any atom is -0.406 e. The summed E-state index contributed by atoms with van der Waals surface area (Å²) in [6.45, 7) is 1.69. The number of alkyl halides is 3. The number of aryl methyl sites for hydroxylation is 1. The highest BCUT2D eigenvalue weighted by Crippen LogP contribution is 2.26. The van der Waals surface area contributed by atoms with Gasteiger partial charge in [0.25, 0.3) is 0 Å². The van der Waals surface area contributed by atoms with Crippen LogP contribution in [0, 0.1) is 12.7 Å². The topological polar surface area (TPSA) is 22.1 Å². The van der Waals surface area contributed by atoms with Crippen LogP contribution in [0.4, 0.5) is 17.6 Å². The van der Waals surface area contributed by atoms with Crippen LogP contribution in [-0.4, -0.2) is 11.3 Å². The Bertz CT molecular complexity index is 578. The molecule has 100 valence electrons. The molecule has 0 radical (unpaired) electrons. The van der Waals surface area contributed by atoms with Gasteiger partial charge in [-0.1, -0.05) is 0 Å². The standard InChI is InChI=1S/C13H9F4NO/c1-8-6-11(14)12(18-7-8)9-2-4-10(5-3-9)19-13(15,16)17/h2-7H,1H3. The molecule has 0 saturated heterocycles. The average molecular weight is 271 g/mol. The summed E-state index contributed by atoms with van der Waals surface area (Å²) in [5.41, 5.74) is 1.13. The van der Waals surface area contributed by atoms with Gasteiger partial charge in [0.15, 0.2) is 0 Å². The summed E-state index contributed by atoms with van der Waals surface area (Å²) < 4.78 is 53.3. The number of hydrogen-bond donors (Lipinski definition) is 0. The van der Waals surface area contributed by atoms with Crippen molar-refractivity contribution in [1.29, 1.82) is 0 Å². The molecule has 0 aliphatic rings. The largest absolute Gasteiger partial charge is 0.573 e. The summed E-state index contributed by atoms with van der Waals surface area (Å²) in [7, 11) is 0. The predicted molar refractivity (Wildman–Crippen MR) is 61.1 cm³/mol. The normalized spacial score (nSPS) is 11.4. The van der Waals surface area contributed by atoms with Gasteiger partial charge in [-0.15, -0.1) is 13.2 Å². The van der Waals surface area contributed by atoms with E-state index >= 15 is 0 Å². The smallest absolute Gasteiger partial charge is 0.406 e. The Morgan fingerprint density at radius 1 is 1.11 bits per heavy atom. The third kappa shape index (κ3) is 3.43. The van der Waals surface area contributed by atoms with E-state index in [1.165, 1.54) is 24.4 Å². The second kappa shape index (κ2) is 4.87. The number of rotatable bonds is 2. The number of hydrogen-bond acceptors (Lipinski definition) is 2. The first-order valence-electron chi connectivity index (χ1n) is 5.33.